The Morgan fingerprint density at radius 2 is 2.09 bits per heavy atom. The van der Waals surface area contributed by atoms with Crippen LogP contribution in [0.25, 0.3) is 33.5 Å². The van der Waals surface area contributed by atoms with Crippen LogP contribution < -0.4 is 10.5 Å². The number of rotatable bonds is 4. The number of nitrogens with two attached hydrogens (primary N) is 1. The van der Waals surface area contributed by atoms with Crippen molar-refractivity contribution in [1.29, 1.82) is 0 Å². The van der Waals surface area contributed by atoms with Gasteiger partial charge in [0, 0.05) is 36.6 Å². The van der Waals surface area contributed by atoms with E-state index < -0.39 is 0 Å². The molecule has 1 saturated heterocycles. The number of halogens is 1. The van der Waals surface area contributed by atoms with Crippen molar-refractivity contribution in [3.05, 3.63) is 47.0 Å². The number of nitrogens with zero attached hydrogens (tertiary/aromatic N) is 4. The van der Waals surface area contributed by atoms with Crippen LogP contribution in [-0.4, -0.2) is 50.7 Å². The van der Waals surface area contributed by atoms with E-state index in [1.54, 1.807) is 0 Å². The SMILES string of the molecule is CC(C)Cn1c(-c2nc3cc(C(=O)N4CCC[C@@H](N)C4)cc4c3n2CCO4)cc2cccc(Cl)c21. The van der Waals surface area contributed by atoms with E-state index in [4.69, 9.17) is 27.1 Å². The van der Waals surface area contributed by atoms with Gasteiger partial charge in [0.05, 0.1) is 28.3 Å². The van der Waals surface area contributed by atoms with Crippen molar-refractivity contribution < 1.29 is 9.53 Å². The third-order valence-corrected chi connectivity index (χ3v) is 7.32. The van der Waals surface area contributed by atoms with Gasteiger partial charge in [-0.15, -0.1) is 0 Å². The van der Waals surface area contributed by atoms with Crippen LogP contribution in [0.15, 0.2) is 36.4 Å². The zero-order valence-electron chi connectivity index (χ0n) is 20.1. The van der Waals surface area contributed by atoms with Crippen molar-refractivity contribution in [2.45, 2.75) is 45.8 Å². The van der Waals surface area contributed by atoms with Crippen LogP contribution in [0.5, 0.6) is 5.75 Å². The lowest BCUT2D eigenvalue weighted by Gasteiger charge is -2.31. The van der Waals surface area contributed by atoms with Gasteiger partial charge in [0.25, 0.3) is 5.91 Å². The summed E-state index contributed by atoms with van der Waals surface area (Å²) in [5, 5.41) is 1.83. The predicted octanol–water partition coefficient (Wildman–Crippen LogP) is 4.92. The molecular weight excluding hydrogens is 462 g/mol. The van der Waals surface area contributed by atoms with Crippen LogP contribution in [-0.2, 0) is 13.1 Å². The first-order valence-electron chi connectivity index (χ1n) is 12.4. The number of benzene rings is 2. The number of para-hydroxylation sites is 1. The fraction of sp³-hybridized carbons (Fsp3) is 0.407. The molecule has 2 aliphatic heterocycles. The molecule has 6 rings (SSSR count). The standard InChI is InChI=1S/C27H30ClN5O2/c1-16(2)14-33-22(12-17-5-3-7-20(28)24(17)33)26-30-21-11-18(13-23-25(21)32(26)9-10-35-23)27(34)31-8-4-6-19(29)15-31/h3,5,7,11-13,16,19H,4,6,8-10,14-15,29H2,1-2H3/t19-/m1/s1. The topological polar surface area (TPSA) is 78.3 Å². The van der Waals surface area contributed by atoms with E-state index in [1.807, 2.05) is 29.2 Å². The first kappa shape index (κ1) is 22.4. The van der Waals surface area contributed by atoms with E-state index >= 15 is 0 Å². The molecule has 4 aromatic rings. The van der Waals surface area contributed by atoms with Crippen LogP contribution >= 0.6 is 11.6 Å². The van der Waals surface area contributed by atoms with Crippen LogP contribution in [0.1, 0.15) is 37.0 Å². The molecule has 0 saturated carbocycles. The van der Waals surface area contributed by atoms with Gasteiger partial charge in [0.1, 0.15) is 17.9 Å². The molecule has 0 aliphatic carbocycles. The lowest BCUT2D eigenvalue weighted by atomic mass is 10.0. The van der Waals surface area contributed by atoms with Gasteiger partial charge in [-0.1, -0.05) is 37.6 Å². The second-order valence-electron chi connectivity index (χ2n) is 10.1. The molecule has 1 amide bonds. The average Bonchev–Trinajstić information content (AvgIpc) is 3.38. The number of aromatic nitrogens is 3. The Hall–Kier alpha value is -3.03. The molecule has 2 N–H and O–H groups in total. The highest BCUT2D eigenvalue weighted by atomic mass is 35.5. The number of imidazole rings is 1. The predicted molar refractivity (Wildman–Crippen MR) is 139 cm³/mol. The number of hydrogen-bond donors (Lipinski definition) is 1. The molecule has 8 heteroatoms. The maximum Gasteiger partial charge on any atom is 0.254 e. The summed E-state index contributed by atoms with van der Waals surface area (Å²) in [6, 6.07) is 12.0. The fourth-order valence-corrected chi connectivity index (χ4v) is 5.80. The van der Waals surface area contributed by atoms with Crippen LogP contribution in [0.2, 0.25) is 5.02 Å². The molecule has 1 atom stereocenters. The second-order valence-corrected chi connectivity index (χ2v) is 10.6. The molecule has 2 aromatic carbocycles. The number of carbonyl (C=O) groups is 1. The van der Waals surface area contributed by atoms with E-state index in [9.17, 15) is 4.79 Å². The molecule has 1 fully saturated rings. The highest BCUT2D eigenvalue weighted by Gasteiger charge is 2.28. The summed E-state index contributed by atoms with van der Waals surface area (Å²) in [5.41, 5.74) is 10.5. The van der Waals surface area contributed by atoms with Crippen molar-refractivity contribution in [2.75, 3.05) is 19.7 Å². The summed E-state index contributed by atoms with van der Waals surface area (Å²) in [5.74, 6) is 2.01. The smallest absolute Gasteiger partial charge is 0.254 e. The molecule has 7 nitrogen and oxygen atoms in total. The quantitative estimate of drug-likeness (QED) is 0.439. The third-order valence-electron chi connectivity index (χ3n) is 7.02. The Morgan fingerprint density at radius 3 is 2.89 bits per heavy atom. The average molecular weight is 492 g/mol. The van der Waals surface area contributed by atoms with E-state index in [0.29, 0.717) is 36.9 Å². The van der Waals surface area contributed by atoms with Gasteiger partial charge >= 0.3 is 0 Å². The summed E-state index contributed by atoms with van der Waals surface area (Å²) in [6.45, 7) is 7.78. The lowest BCUT2D eigenvalue weighted by Crippen LogP contribution is -2.45. The molecule has 182 valence electrons. The molecule has 0 unspecified atom stereocenters. The van der Waals surface area contributed by atoms with Crippen molar-refractivity contribution >= 4 is 39.4 Å². The molecular formula is C27H30ClN5O2. The Labute approximate surface area is 209 Å². The molecule has 2 aliphatic rings. The molecule has 0 spiro atoms. The van der Waals surface area contributed by atoms with Crippen molar-refractivity contribution in [3.63, 3.8) is 0 Å². The van der Waals surface area contributed by atoms with Gasteiger partial charge in [-0.05, 0) is 43.0 Å². The summed E-state index contributed by atoms with van der Waals surface area (Å²) in [7, 11) is 0. The minimum Gasteiger partial charge on any atom is -0.489 e. The van der Waals surface area contributed by atoms with Crippen molar-refractivity contribution in [2.24, 2.45) is 11.7 Å². The minimum absolute atomic E-state index is 0.00993. The van der Waals surface area contributed by atoms with Crippen molar-refractivity contribution in [3.8, 4) is 17.3 Å². The molecule has 35 heavy (non-hydrogen) atoms. The Kier molecular flexibility index (Phi) is 5.49. The molecule has 2 aromatic heterocycles. The Balaban J connectivity index is 1.51. The van der Waals surface area contributed by atoms with Gasteiger partial charge < -0.3 is 24.5 Å². The van der Waals surface area contributed by atoms with E-state index in [-0.39, 0.29) is 11.9 Å². The zero-order chi connectivity index (χ0) is 24.3. The number of ether oxygens (including phenoxy) is 1. The monoisotopic (exact) mass is 491 g/mol. The Bertz CT molecular complexity index is 1450. The second kappa shape index (κ2) is 8.57. The van der Waals surface area contributed by atoms with Gasteiger partial charge in [0.2, 0.25) is 0 Å². The maximum atomic E-state index is 13.3. The molecule has 0 radical (unpaired) electrons. The fourth-order valence-electron chi connectivity index (χ4n) is 5.52. The largest absolute Gasteiger partial charge is 0.489 e. The van der Waals surface area contributed by atoms with Crippen LogP contribution in [0, 0.1) is 5.92 Å². The normalized spacial score (nSPS) is 18.0. The van der Waals surface area contributed by atoms with Crippen molar-refractivity contribution in [1.82, 2.24) is 19.0 Å². The van der Waals surface area contributed by atoms with E-state index in [2.05, 4.69) is 35.1 Å². The minimum atomic E-state index is -0.00993. The summed E-state index contributed by atoms with van der Waals surface area (Å²) >= 11 is 6.66. The summed E-state index contributed by atoms with van der Waals surface area (Å²) < 4.78 is 10.5. The van der Waals surface area contributed by atoms with Gasteiger partial charge in [0.15, 0.2) is 5.82 Å². The third kappa shape index (κ3) is 3.78. The van der Waals surface area contributed by atoms with E-state index in [1.165, 1.54) is 0 Å². The summed E-state index contributed by atoms with van der Waals surface area (Å²) in [6.07, 6.45) is 1.89. The van der Waals surface area contributed by atoms with E-state index in [0.717, 1.165) is 64.4 Å². The number of piperidine rings is 1. The van der Waals surface area contributed by atoms with Gasteiger partial charge in [-0.2, -0.15) is 0 Å². The first-order valence-corrected chi connectivity index (χ1v) is 12.8. The number of likely N-dealkylation sites (tertiary alicyclic amines) is 1. The van der Waals surface area contributed by atoms with Gasteiger partial charge in [-0.3, -0.25) is 4.79 Å². The molecule has 4 heterocycles. The Morgan fingerprint density at radius 1 is 1.23 bits per heavy atom. The summed E-state index contributed by atoms with van der Waals surface area (Å²) in [4.78, 5) is 20.3. The highest BCUT2D eigenvalue weighted by Crippen LogP contribution is 2.38. The highest BCUT2D eigenvalue weighted by molar-refractivity contribution is 6.35. The number of hydrogen-bond acceptors (Lipinski definition) is 4. The van der Waals surface area contributed by atoms with Gasteiger partial charge in [-0.25, -0.2) is 4.98 Å². The van der Waals surface area contributed by atoms with Crippen LogP contribution in [0.3, 0.4) is 0 Å². The first-order chi connectivity index (χ1) is 16.9. The van der Waals surface area contributed by atoms with Crippen LogP contribution in [0.4, 0.5) is 0 Å². The zero-order valence-corrected chi connectivity index (χ0v) is 20.9. The maximum absolute atomic E-state index is 13.3. The number of amides is 1. The number of fused-ring (bicyclic) bond motifs is 1. The lowest BCUT2D eigenvalue weighted by molar-refractivity contribution is 0.0708. The molecule has 0 bridgehead atoms. The number of carbonyl (C=O) groups excluding carboxylic acids is 1.